The van der Waals surface area contributed by atoms with E-state index in [4.69, 9.17) is 15.6 Å². The van der Waals surface area contributed by atoms with Gasteiger partial charge in [-0.05, 0) is 39.3 Å². The van der Waals surface area contributed by atoms with Crippen molar-refractivity contribution >= 4 is 11.4 Å². The van der Waals surface area contributed by atoms with Crippen LogP contribution in [0.1, 0.15) is 27.2 Å². The molecular formula is C14H24N2O2. The number of hydrogen-bond acceptors (Lipinski definition) is 4. The number of aliphatic hydroxyl groups is 1. The minimum atomic E-state index is 0.205. The van der Waals surface area contributed by atoms with Gasteiger partial charge in [-0.2, -0.15) is 0 Å². The van der Waals surface area contributed by atoms with Gasteiger partial charge in [-0.15, -0.1) is 0 Å². The lowest BCUT2D eigenvalue weighted by Crippen LogP contribution is -2.32. The Morgan fingerprint density at radius 1 is 1.39 bits per heavy atom. The third kappa shape index (κ3) is 3.81. The first-order valence-corrected chi connectivity index (χ1v) is 6.50. The highest BCUT2D eigenvalue weighted by molar-refractivity contribution is 5.62. The van der Waals surface area contributed by atoms with Gasteiger partial charge in [0.05, 0.1) is 12.3 Å². The van der Waals surface area contributed by atoms with Crippen LogP contribution in [0.15, 0.2) is 18.2 Å². The van der Waals surface area contributed by atoms with Gasteiger partial charge in [0.2, 0.25) is 0 Å². The summed E-state index contributed by atoms with van der Waals surface area (Å²) in [7, 11) is 0. The van der Waals surface area contributed by atoms with Crippen LogP contribution in [0.3, 0.4) is 0 Å². The lowest BCUT2D eigenvalue weighted by molar-refractivity contribution is 0.288. The highest BCUT2D eigenvalue weighted by Gasteiger charge is 2.12. The van der Waals surface area contributed by atoms with Gasteiger partial charge < -0.3 is 20.5 Å². The molecule has 0 amide bonds. The molecular weight excluding hydrogens is 228 g/mol. The Balaban J connectivity index is 2.93. The van der Waals surface area contributed by atoms with Crippen molar-refractivity contribution < 1.29 is 9.84 Å². The first-order chi connectivity index (χ1) is 8.60. The van der Waals surface area contributed by atoms with Crippen LogP contribution in [-0.4, -0.2) is 30.9 Å². The third-order valence-corrected chi connectivity index (χ3v) is 2.81. The Labute approximate surface area is 109 Å². The summed E-state index contributed by atoms with van der Waals surface area (Å²) < 4.78 is 5.51. The predicted octanol–water partition coefficient (Wildman–Crippen LogP) is 2.26. The molecule has 1 rings (SSSR count). The molecule has 0 fully saturated rings. The zero-order valence-electron chi connectivity index (χ0n) is 11.5. The fourth-order valence-corrected chi connectivity index (χ4v) is 1.91. The summed E-state index contributed by atoms with van der Waals surface area (Å²) in [6.45, 7) is 7.84. The van der Waals surface area contributed by atoms with E-state index in [0.717, 1.165) is 24.4 Å². The van der Waals surface area contributed by atoms with Crippen LogP contribution in [0.25, 0.3) is 0 Å². The number of aliphatic hydroxyl groups excluding tert-OH is 1. The van der Waals surface area contributed by atoms with E-state index in [1.165, 1.54) is 0 Å². The molecule has 3 N–H and O–H groups in total. The summed E-state index contributed by atoms with van der Waals surface area (Å²) in [5.41, 5.74) is 7.61. The predicted molar refractivity (Wildman–Crippen MR) is 76.2 cm³/mol. The van der Waals surface area contributed by atoms with E-state index >= 15 is 0 Å². The quantitative estimate of drug-likeness (QED) is 0.731. The molecule has 1 aromatic rings. The Hall–Kier alpha value is -1.42. The highest BCUT2D eigenvalue weighted by Crippen LogP contribution is 2.28. The average molecular weight is 252 g/mol. The maximum atomic E-state index is 8.96. The van der Waals surface area contributed by atoms with Crippen molar-refractivity contribution in [1.29, 1.82) is 0 Å². The molecule has 0 heterocycles. The van der Waals surface area contributed by atoms with Gasteiger partial charge in [0.25, 0.3) is 0 Å². The second-order valence-corrected chi connectivity index (χ2v) is 4.52. The van der Waals surface area contributed by atoms with Gasteiger partial charge >= 0.3 is 0 Å². The number of ether oxygens (including phenoxy) is 1. The number of nitrogens with zero attached hydrogens (tertiary/aromatic N) is 1. The number of benzene rings is 1. The van der Waals surface area contributed by atoms with Crippen LogP contribution in [0.5, 0.6) is 5.75 Å². The SMILES string of the molecule is CCOc1cc(N(CCCO)C(C)C)ccc1N. The Bertz CT molecular complexity index is 367. The minimum Gasteiger partial charge on any atom is -0.492 e. The molecule has 0 aromatic heterocycles. The number of hydrogen-bond donors (Lipinski definition) is 2. The maximum Gasteiger partial charge on any atom is 0.144 e. The molecule has 18 heavy (non-hydrogen) atoms. The molecule has 0 aliphatic rings. The second-order valence-electron chi connectivity index (χ2n) is 4.52. The number of nitrogen functional groups attached to an aromatic ring is 1. The first kappa shape index (κ1) is 14.6. The number of anilines is 2. The third-order valence-electron chi connectivity index (χ3n) is 2.81. The fraction of sp³-hybridized carbons (Fsp3) is 0.571. The van der Waals surface area contributed by atoms with Crippen LogP contribution < -0.4 is 15.4 Å². The minimum absolute atomic E-state index is 0.205. The van der Waals surface area contributed by atoms with Gasteiger partial charge in [-0.1, -0.05) is 0 Å². The van der Waals surface area contributed by atoms with Crippen LogP contribution in [0, 0.1) is 0 Å². The Morgan fingerprint density at radius 3 is 2.67 bits per heavy atom. The molecule has 1 aromatic carbocycles. The summed E-state index contributed by atoms with van der Waals surface area (Å²) in [5.74, 6) is 0.727. The molecule has 0 aliphatic heterocycles. The van der Waals surface area contributed by atoms with Crippen LogP contribution in [0.2, 0.25) is 0 Å². The van der Waals surface area contributed by atoms with Gasteiger partial charge in [-0.25, -0.2) is 0 Å². The maximum absolute atomic E-state index is 8.96. The molecule has 0 atom stereocenters. The van der Waals surface area contributed by atoms with E-state index in [9.17, 15) is 0 Å². The molecule has 0 saturated heterocycles. The van der Waals surface area contributed by atoms with Crippen molar-refractivity contribution in [3.63, 3.8) is 0 Å². The van der Waals surface area contributed by atoms with Crippen molar-refractivity contribution in [1.82, 2.24) is 0 Å². The van der Waals surface area contributed by atoms with Gasteiger partial charge in [0.1, 0.15) is 5.75 Å². The summed E-state index contributed by atoms with van der Waals surface area (Å²) in [6, 6.07) is 6.20. The van der Waals surface area contributed by atoms with E-state index < -0.39 is 0 Å². The smallest absolute Gasteiger partial charge is 0.144 e. The lowest BCUT2D eigenvalue weighted by atomic mass is 10.2. The summed E-state index contributed by atoms with van der Waals surface area (Å²) >= 11 is 0. The molecule has 0 spiro atoms. The van der Waals surface area contributed by atoms with Crippen LogP contribution in [0.4, 0.5) is 11.4 Å². The number of nitrogens with two attached hydrogens (primary N) is 1. The van der Waals surface area contributed by atoms with E-state index in [1.807, 2.05) is 25.1 Å². The summed E-state index contributed by atoms with van der Waals surface area (Å²) in [5, 5.41) is 8.96. The van der Waals surface area contributed by atoms with Crippen molar-refractivity contribution in [3.8, 4) is 5.75 Å². The van der Waals surface area contributed by atoms with Crippen molar-refractivity contribution in [2.24, 2.45) is 0 Å². The van der Waals surface area contributed by atoms with Crippen molar-refractivity contribution in [2.75, 3.05) is 30.4 Å². The molecule has 0 bridgehead atoms. The molecule has 0 aliphatic carbocycles. The Kier molecular flexibility index (Phi) is 5.78. The van der Waals surface area contributed by atoms with Crippen LogP contribution >= 0.6 is 0 Å². The molecule has 102 valence electrons. The fourth-order valence-electron chi connectivity index (χ4n) is 1.91. The van der Waals surface area contributed by atoms with E-state index in [1.54, 1.807) is 0 Å². The van der Waals surface area contributed by atoms with E-state index in [2.05, 4.69) is 18.7 Å². The van der Waals surface area contributed by atoms with E-state index in [-0.39, 0.29) is 6.61 Å². The van der Waals surface area contributed by atoms with Crippen molar-refractivity contribution in [2.45, 2.75) is 33.2 Å². The normalized spacial score (nSPS) is 10.7. The first-order valence-electron chi connectivity index (χ1n) is 6.50. The zero-order valence-corrected chi connectivity index (χ0v) is 11.5. The molecule has 4 heteroatoms. The topological polar surface area (TPSA) is 58.7 Å². The molecule has 0 radical (unpaired) electrons. The standard InChI is InChI=1S/C14H24N2O2/c1-4-18-14-10-12(6-7-13(14)15)16(11(2)3)8-5-9-17/h6-7,10-11,17H,4-5,8-9,15H2,1-3H3. The summed E-state index contributed by atoms with van der Waals surface area (Å²) in [4.78, 5) is 2.23. The van der Waals surface area contributed by atoms with Gasteiger partial charge in [-0.3, -0.25) is 0 Å². The van der Waals surface area contributed by atoms with E-state index in [0.29, 0.717) is 18.3 Å². The largest absolute Gasteiger partial charge is 0.492 e. The Morgan fingerprint density at radius 2 is 2.11 bits per heavy atom. The van der Waals surface area contributed by atoms with Crippen molar-refractivity contribution in [3.05, 3.63) is 18.2 Å². The summed E-state index contributed by atoms with van der Waals surface area (Å²) in [6.07, 6.45) is 0.756. The molecule has 4 nitrogen and oxygen atoms in total. The van der Waals surface area contributed by atoms with Gasteiger partial charge in [0.15, 0.2) is 0 Å². The lowest BCUT2D eigenvalue weighted by Gasteiger charge is -2.29. The second kappa shape index (κ2) is 7.11. The zero-order chi connectivity index (χ0) is 13.5. The average Bonchev–Trinajstić information content (AvgIpc) is 2.33. The molecule has 0 saturated carbocycles. The van der Waals surface area contributed by atoms with Crippen LogP contribution in [-0.2, 0) is 0 Å². The van der Waals surface area contributed by atoms with Gasteiger partial charge in [0, 0.05) is 30.9 Å². The monoisotopic (exact) mass is 252 g/mol. The highest BCUT2D eigenvalue weighted by atomic mass is 16.5. The molecule has 0 unspecified atom stereocenters. The number of rotatable bonds is 7.